The minimum absolute atomic E-state index is 0.0437. The summed E-state index contributed by atoms with van der Waals surface area (Å²) in [6.07, 6.45) is 0.463. The molecule has 0 aliphatic carbocycles. The predicted molar refractivity (Wildman–Crippen MR) is 58.5 cm³/mol. The van der Waals surface area contributed by atoms with E-state index < -0.39 is 9.84 Å². The van der Waals surface area contributed by atoms with Gasteiger partial charge in [0, 0.05) is 23.7 Å². The lowest BCUT2D eigenvalue weighted by atomic mass is 10.1. The van der Waals surface area contributed by atoms with Crippen LogP contribution in [0, 0.1) is 11.3 Å². The second-order valence-corrected chi connectivity index (χ2v) is 6.45. The van der Waals surface area contributed by atoms with Crippen LogP contribution in [0.25, 0.3) is 0 Å². The summed E-state index contributed by atoms with van der Waals surface area (Å²) in [5.74, 6) is 0.112. The van der Waals surface area contributed by atoms with Crippen molar-refractivity contribution >= 4 is 9.84 Å². The highest BCUT2D eigenvalue weighted by atomic mass is 32.2. The average Bonchev–Trinajstić information content (AvgIpc) is 2.54. The Kier molecular flexibility index (Phi) is 2.50. The van der Waals surface area contributed by atoms with E-state index in [-0.39, 0.29) is 23.2 Å². The molecule has 1 aromatic heterocycles. The van der Waals surface area contributed by atoms with Gasteiger partial charge in [0.05, 0.1) is 11.5 Å². The standard InChI is InChI=1S/C10H13N3O2S/c1-7(2)13-10-3-4-16(14,15)6-8(10)9(5-11)12-13/h7H,3-4,6H2,1-2H3. The molecule has 0 spiro atoms. The molecule has 1 aliphatic heterocycles. The van der Waals surface area contributed by atoms with Gasteiger partial charge in [-0.05, 0) is 13.8 Å². The zero-order chi connectivity index (χ0) is 11.9. The van der Waals surface area contributed by atoms with Gasteiger partial charge in [-0.15, -0.1) is 0 Å². The van der Waals surface area contributed by atoms with Gasteiger partial charge in [0.15, 0.2) is 15.5 Å². The van der Waals surface area contributed by atoms with E-state index in [4.69, 9.17) is 5.26 Å². The molecular weight excluding hydrogens is 226 g/mol. The van der Waals surface area contributed by atoms with Gasteiger partial charge in [0.1, 0.15) is 6.07 Å². The van der Waals surface area contributed by atoms with Gasteiger partial charge < -0.3 is 0 Å². The van der Waals surface area contributed by atoms with Crippen LogP contribution in [0.4, 0.5) is 0 Å². The number of hydrogen-bond donors (Lipinski definition) is 0. The lowest BCUT2D eigenvalue weighted by Gasteiger charge is -2.16. The van der Waals surface area contributed by atoms with Crippen LogP contribution in [-0.2, 0) is 22.0 Å². The lowest BCUT2D eigenvalue weighted by molar-refractivity contribution is 0.507. The summed E-state index contributed by atoms with van der Waals surface area (Å²) in [5, 5.41) is 13.1. The van der Waals surface area contributed by atoms with Crippen LogP contribution in [0.2, 0.25) is 0 Å². The molecule has 6 heteroatoms. The Morgan fingerprint density at radius 3 is 2.75 bits per heavy atom. The molecule has 1 aromatic rings. The summed E-state index contributed by atoms with van der Waals surface area (Å²) < 4.78 is 24.8. The van der Waals surface area contributed by atoms with Crippen molar-refractivity contribution in [2.45, 2.75) is 32.1 Å². The van der Waals surface area contributed by atoms with E-state index in [0.717, 1.165) is 5.69 Å². The van der Waals surface area contributed by atoms with Crippen molar-refractivity contribution in [3.8, 4) is 6.07 Å². The fourth-order valence-corrected chi connectivity index (χ4v) is 3.37. The number of rotatable bonds is 1. The SMILES string of the molecule is CC(C)n1nc(C#N)c2c1CCS(=O)(=O)C2. The highest BCUT2D eigenvalue weighted by Gasteiger charge is 2.29. The molecule has 5 nitrogen and oxygen atoms in total. The Morgan fingerprint density at radius 1 is 1.50 bits per heavy atom. The maximum atomic E-state index is 11.5. The van der Waals surface area contributed by atoms with Crippen LogP contribution in [-0.4, -0.2) is 24.0 Å². The van der Waals surface area contributed by atoms with E-state index >= 15 is 0 Å². The van der Waals surface area contributed by atoms with Gasteiger partial charge in [0.2, 0.25) is 0 Å². The third-order valence-corrected chi connectivity index (χ3v) is 4.28. The Bertz CT molecular complexity index is 564. The fourth-order valence-electron chi connectivity index (χ4n) is 1.98. The lowest BCUT2D eigenvalue weighted by Crippen LogP contribution is -2.21. The quantitative estimate of drug-likeness (QED) is 0.726. The molecule has 16 heavy (non-hydrogen) atoms. The normalized spacial score (nSPS) is 18.1. The Labute approximate surface area is 94.6 Å². The molecule has 2 rings (SSSR count). The van der Waals surface area contributed by atoms with Crippen LogP contribution in [0.15, 0.2) is 0 Å². The maximum Gasteiger partial charge on any atom is 0.166 e. The topological polar surface area (TPSA) is 75.8 Å². The molecule has 0 N–H and O–H groups in total. The first kappa shape index (κ1) is 11.1. The predicted octanol–water partition coefficient (Wildman–Crippen LogP) is 0.807. The van der Waals surface area contributed by atoms with Crippen molar-refractivity contribution in [1.29, 1.82) is 5.26 Å². The smallest absolute Gasteiger partial charge is 0.166 e. The molecule has 0 saturated heterocycles. The van der Waals surface area contributed by atoms with E-state index in [0.29, 0.717) is 12.0 Å². The van der Waals surface area contributed by atoms with Crippen LogP contribution < -0.4 is 0 Å². The van der Waals surface area contributed by atoms with Crippen LogP contribution in [0.1, 0.15) is 36.8 Å². The minimum atomic E-state index is -3.05. The fraction of sp³-hybridized carbons (Fsp3) is 0.600. The zero-order valence-corrected chi connectivity index (χ0v) is 10.1. The average molecular weight is 239 g/mol. The Balaban J connectivity index is 2.60. The summed E-state index contributed by atoms with van der Waals surface area (Å²) in [7, 11) is -3.05. The molecule has 0 amide bonds. The van der Waals surface area contributed by atoms with E-state index in [1.165, 1.54) is 0 Å². The molecular formula is C10H13N3O2S. The summed E-state index contributed by atoms with van der Waals surface area (Å²) in [6.45, 7) is 3.94. The first-order chi connectivity index (χ1) is 7.44. The third kappa shape index (κ3) is 1.71. The molecule has 0 unspecified atom stereocenters. The number of fused-ring (bicyclic) bond motifs is 1. The summed E-state index contributed by atoms with van der Waals surface area (Å²) in [4.78, 5) is 0. The largest absolute Gasteiger partial charge is 0.265 e. The van der Waals surface area contributed by atoms with Crippen molar-refractivity contribution in [3.63, 3.8) is 0 Å². The van der Waals surface area contributed by atoms with E-state index in [1.54, 1.807) is 4.68 Å². The first-order valence-electron chi connectivity index (χ1n) is 5.15. The highest BCUT2D eigenvalue weighted by Crippen LogP contribution is 2.25. The molecule has 0 radical (unpaired) electrons. The van der Waals surface area contributed by atoms with Gasteiger partial charge >= 0.3 is 0 Å². The summed E-state index contributed by atoms with van der Waals surface area (Å²) >= 11 is 0. The molecule has 0 saturated carbocycles. The Hall–Kier alpha value is -1.35. The van der Waals surface area contributed by atoms with Crippen molar-refractivity contribution in [3.05, 3.63) is 17.0 Å². The second-order valence-electron chi connectivity index (χ2n) is 4.27. The van der Waals surface area contributed by atoms with Crippen molar-refractivity contribution in [2.24, 2.45) is 0 Å². The number of aromatic nitrogens is 2. The molecule has 86 valence electrons. The first-order valence-corrected chi connectivity index (χ1v) is 6.97. The van der Waals surface area contributed by atoms with Gasteiger partial charge in [-0.1, -0.05) is 0 Å². The van der Waals surface area contributed by atoms with Gasteiger partial charge in [-0.2, -0.15) is 10.4 Å². The van der Waals surface area contributed by atoms with E-state index in [2.05, 4.69) is 5.10 Å². The van der Waals surface area contributed by atoms with Gasteiger partial charge in [-0.3, -0.25) is 4.68 Å². The third-order valence-electron chi connectivity index (χ3n) is 2.73. The van der Waals surface area contributed by atoms with E-state index in [9.17, 15) is 8.42 Å². The number of hydrogen-bond acceptors (Lipinski definition) is 4. The molecule has 2 heterocycles. The van der Waals surface area contributed by atoms with Crippen molar-refractivity contribution in [1.82, 2.24) is 9.78 Å². The second kappa shape index (κ2) is 3.59. The monoisotopic (exact) mass is 239 g/mol. The molecule has 0 aromatic carbocycles. The van der Waals surface area contributed by atoms with Crippen molar-refractivity contribution < 1.29 is 8.42 Å². The van der Waals surface area contributed by atoms with Crippen LogP contribution >= 0.6 is 0 Å². The van der Waals surface area contributed by atoms with Crippen molar-refractivity contribution in [2.75, 3.05) is 5.75 Å². The Morgan fingerprint density at radius 2 is 2.19 bits per heavy atom. The molecule has 1 aliphatic rings. The molecule has 0 fully saturated rings. The number of nitrogens with zero attached hydrogens (tertiary/aromatic N) is 3. The van der Waals surface area contributed by atoms with Gasteiger partial charge in [-0.25, -0.2) is 8.42 Å². The van der Waals surface area contributed by atoms with Crippen LogP contribution in [0.3, 0.4) is 0 Å². The highest BCUT2D eigenvalue weighted by molar-refractivity contribution is 7.90. The van der Waals surface area contributed by atoms with E-state index in [1.807, 2.05) is 19.9 Å². The summed E-state index contributed by atoms with van der Waals surface area (Å²) in [6, 6.07) is 2.12. The molecule has 0 bridgehead atoms. The zero-order valence-electron chi connectivity index (χ0n) is 9.27. The minimum Gasteiger partial charge on any atom is -0.265 e. The maximum absolute atomic E-state index is 11.5. The van der Waals surface area contributed by atoms with Crippen LogP contribution in [0.5, 0.6) is 0 Å². The number of nitriles is 1. The van der Waals surface area contributed by atoms with Gasteiger partial charge in [0.25, 0.3) is 0 Å². The molecule has 0 atom stereocenters. The summed E-state index contributed by atoms with van der Waals surface area (Å²) in [5.41, 5.74) is 1.76. The number of sulfone groups is 1.